The van der Waals surface area contributed by atoms with Crippen LogP contribution in [0.25, 0.3) is 0 Å². The molecule has 6 unspecified atom stereocenters. The van der Waals surface area contributed by atoms with E-state index in [4.69, 9.17) is 23.5 Å². The zero-order valence-electron chi connectivity index (χ0n) is 37.3. The minimum absolute atomic E-state index is 0.0260. The summed E-state index contributed by atoms with van der Waals surface area (Å²) in [5.74, 6) is -0.418. The fourth-order valence-electron chi connectivity index (χ4n) is 6.92. The molecule has 0 spiro atoms. The Balaban J connectivity index is 2.42. The van der Waals surface area contributed by atoms with Gasteiger partial charge in [0.25, 0.3) is 0 Å². The number of aliphatic hydroxyl groups excluding tert-OH is 3. The minimum Gasteiger partial charge on any atom is -0.457 e. The molecule has 4 N–H and O–H groups in total. The molecule has 1 aliphatic heterocycles. The monoisotopic (exact) mass is 873 g/mol. The topological polar surface area (TPSA) is 178 Å². The summed E-state index contributed by atoms with van der Waals surface area (Å²) in [5, 5.41) is 30.7. The maximum atomic E-state index is 12.8. The van der Waals surface area contributed by atoms with Crippen LogP contribution in [0.4, 0.5) is 0 Å². The molecule has 13 heteroatoms. The molecule has 1 aliphatic rings. The highest BCUT2D eigenvalue weighted by atomic mass is 32.3. The molecule has 0 radical (unpaired) electrons. The van der Waals surface area contributed by atoms with Crippen molar-refractivity contribution in [3.05, 3.63) is 48.6 Å². The molecule has 0 amide bonds. The molecule has 1 rings (SSSR count). The Kier molecular flexibility index (Phi) is 36.2. The van der Waals surface area contributed by atoms with Gasteiger partial charge in [-0.15, -0.1) is 0 Å². The zero-order valence-corrected chi connectivity index (χ0v) is 38.1. The highest BCUT2D eigenvalue weighted by Gasteiger charge is 2.48. The summed E-state index contributed by atoms with van der Waals surface area (Å²) in [6.07, 6.45) is 37.1. The van der Waals surface area contributed by atoms with Crippen LogP contribution >= 0.6 is 0 Å². The van der Waals surface area contributed by atoms with Gasteiger partial charge in [0.15, 0.2) is 6.29 Å². The summed E-state index contributed by atoms with van der Waals surface area (Å²) in [7, 11) is -5.07. The van der Waals surface area contributed by atoms with Gasteiger partial charge in [0.05, 0.1) is 19.8 Å². The fraction of sp³-hybridized carbons (Fsp3) is 0.809. The first-order valence-corrected chi connectivity index (χ1v) is 24.8. The van der Waals surface area contributed by atoms with Crippen molar-refractivity contribution >= 4 is 16.4 Å². The number of unbranched alkanes of at least 4 members (excludes halogenated alkanes) is 19. The van der Waals surface area contributed by atoms with Gasteiger partial charge in [0, 0.05) is 13.0 Å². The second-order valence-electron chi connectivity index (χ2n) is 16.0. The molecule has 0 aliphatic carbocycles. The number of hydrogen-bond donors (Lipinski definition) is 4. The Morgan fingerprint density at radius 2 is 1.15 bits per heavy atom. The van der Waals surface area contributed by atoms with E-state index in [1.165, 1.54) is 83.5 Å². The number of carbonyl (C=O) groups is 1. The van der Waals surface area contributed by atoms with Crippen molar-refractivity contribution in [2.24, 2.45) is 0 Å². The lowest BCUT2D eigenvalue weighted by Gasteiger charge is -2.41. The summed E-state index contributed by atoms with van der Waals surface area (Å²) in [6.45, 7) is 3.84. The number of carbonyl (C=O) groups excluding carboxylic acids is 1. The lowest BCUT2D eigenvalue weighted by molar-refractivity contribution is -0.301. The number of ether oxygens (including phenoxy) is 4. The van der Waals surface area contributed by atoms with E-state index in [0.29, 0.717) is 13.0 Å². The summed E-state index contributed by atoms with van der Waals surface area (Å²) in [5.41, 5.74) is 0. The van der Waals surface area contributed by atoms with E-state index >= 15 is 0 Å². The third-order valence-electron chi connectivity index (χ3n) is 10.4. The average Bonchev–Trinajstić information content (AvgIpc) is 3.22. The molecule has 0 bridgehead atoms. The van der Waals surface area contributed by atoms with Gasteiger partial charge in [-0.25, -0.2) is 4.18 Å². The Morgan fingerprint density at radius 3 is 1.70 bits per heavy atom. The Bertz CT molecular complexity index is 1240. The van der Waals surface area contributed by atoms with Crippen LogP contribution in [-0.2, 0) is 38.3 Å². The Morgan fingerprint density at radius 1 is 0.650 bits per heavy atom. The van der Waals surface area contributed by atoms with E-state index in [1.54, 1.807) is 0 Å². The molecule has 0 aromatic heterocycles. The number of hydrogen-bond acceptors (Lipinski definition) is 11. The SMILES string of the molecule is CC/C=C\C/C=C\C/C=C\CCCCCCCC(=O)OC(COCCCCCCCCCC/C=C\CCCCCCCC)COC1OC(CO)C(O)C(OS(=O)(=O)O)C1O. The Labute approximate surface area is 364 Å². The number of aliphatic hydroxyl groups is 3. The van der Waals surface area contributed by atoms with Gasteiger partial charge in [0.1, 0.15) is 30.5 Å². The van der Waals surface area contributed by atoms with Crippen molar-refractivity contribution in [3.63, 3.8) is 0 Å². The van der Waals surface area contributed by atoms with Crippen LogP contribution in [0.1, 0.15) is 181 Å². The average molecular weight is 873 g/mol. The van der Waals surface area contributed by atoms with Gasteiger partial charge in [-0.3, -0.25) is 9.35 Å². The number of allylic oxidation sites excluding steroid dienone is 8. The van der Waals surface area contributed by atoms with Crippen LogP contribution < -0.4 is 0 Å². The first kappa shape index (κ1) is 56.1. The van der Waals surface area contributed by atoms with Gasteiger partial charge in [-0.1, -0.05) is 152 Å². The van der Waals surface area contributed by atoms with Crippen molar-refractivity contribution in [3.8, 4) is 0 Å². The van der Waals surface area contributed by atoms with Crippen molar-refractivity contribution in [2.45, 2.75) is 218 Å². The molecule has 12 nitrogen and oxygen atoms in total. The van der Waals surface area contributed by atoms with Gasteiger partial charge >= 0.3 is 16.4 Å². The smallest absolute Gasteiger partial charge is 0.397 e. The largest absolute Gasteiger partial charge is 0.457 e. The molecule has 350 valence electrons. The lowest BCUT2D eigenvalue weighted by Crippen LogP contribution is -2.60. The molecule has 0 saturated carbocycles. The first-order chi connectivity index (χ1) is 29.1. The normalized spacial score (nSPS) is 20.7. The summed E-state index contributed by atoms with van der Waals surface area (Å²) < 4.78 is 59.1. The molecule has 0 aromatic rings. The van der Waals surface area contributed by atoms with Crippen molar-refractivity contribution in [1.82, 2.24) is 0 Å². The van der Waals surface area contributed by atoms with Crippen molar-refractivity contribution < 1.29 is 56.2 Å². The van der Waals surface area contributed by atoms with Gasteiger partial charge in [0.2, 0.25) is 0 Å². The number of rotatable bonds is 40. The van der Waals surface area contributed by atoms with E-state index in [9.17, 15) is 28.5 Å². The summed E-state index contributed by atoms with van der Waals surface area (Å²) >= 11 is 0. The van der Waals surface area contributed by atoms with Gasteiger partial charge in [-0.2, -0.15) is 8.42 Å². The van der Waals surface area contributed by atoms with Crippen LogP contribution in [0.5, 0.6) is 0 Å². The highest BCUT2D eigenvalue weighted by Crippen LogP contribution is 2.26. The molecule has 6 atom stereocenters. The third kappa shape index (κ3) is 31.8. The molecular formula is C47H84O12S. The molecular weight excluding hydrogens is 789 g/mol. The third-order valence-corrected chi connectivity index (χ3v) is 10.9. The Hall–Kier alpha value is -1.94. The molecule has 1 fully saturated rings. The van der Waals surface area contributed by atoms with Crippen LogP contribution in [0, 0.1) is 0 Å². The predicted octanol–water partition coefficient (Wildman–Crippen LogP) is 9.97. The second kappa shape index (κ2) is 38.7. The molecule has 1 heterocycles. The standard InChI is InChI=1S/C47H84O12S/c1-3-5-7-9-11-13-15-17-19-20-21-23-25-27-29-31-33-35-37-55-39-41(40-56-47-45(51)46(59-60(52,53)54)44(50)42(38-48)58-47)57-43(49)36-34-32-30-28-26-24-22-18-16-14-12-10-8-6-4-2/h6,8,12,14,17-19,22,41-42,44-48,50-51H,3-5,7,9-11,13,15-16,20-21,23-40H2,1-2H3,(H,52,53,54)/b8-6-,14-12-,19-17-,22-18-. The quantitative estimate of drug-likeness (QED) is 0.0199. The van der Waals surface area contributed by atoms with E-state index < -0.39 is 59.8 Å². The van der Waals surface area contributed by atoms with Crippen molar-refractivity contribution in [2.75, 3.05) is 26.4 Å². The van der Waals surface area contributed by atoms with E-state index in [2.05, 4.69) is 66.6 Å². The minimum atomic E-state index is -5.07. The van der Waals surface area contributed by atoms with Crippen LogP contribution in [-0.4, -0.2) is 97.5 Å². The number of esters is 1. The van der Waals surface area contributed by atoms with E-state index in [1.807, 2.05) is 0 Å². The van der Waals surface area contributed by atoms with E-state index in [-0.39, 0.29) is 19.6 Å². The van der Waals surface area contributed by atoms with Crippen LogP contribution in [0.15, 0.2) is 48.6 Å². The van der Waals surface area contributed by atoms with E-state index in [0.717, 1.165) is 70.6 Å². The zero-order chi connectivity index (χ0) is 43.9. The summed E-state index contributed by atoms with van der Waals surface area (Å²) in [4.78, 5) is 12.8. The van der Waals surface area contributed by atoms with Crippen LogP contribution in [0.2, 0.25) is 0 Å². The predicted molar refractivity (Wildman–Crippen MR) is 239 cm³/mol. The summed E-state index contributed by atoms with van der Waals surface area (Å²) in [6, 6.07) is 0. The maximum absolute atomic E-state index is 12.8. The molecule has 0 aromatic carbocycles. The highest BCUT2D eigenvalue weighted by molar-refractivity contribution is 7.80. The van der Waals surface area contributed by atoms with Gasteiger partial charge < -0.3 is 34.3 Å². The van der Waals surface area contributed by atoms with Gasteiger partial charge in [-0.05, 0) is 70.6 Å². The van der Waals surface area contributed by atoms with Crippen LogP contribution in [0.3, 0.4) is 0 Å². The molecule has 60 heavy (non-hydrogen) atoms. The second-order valence-corrected chi connectivity index (χ2v) is 17.0. The maximum Gasteiger partial charge on any atom is 0.397 e. The van der Waals surface area contributed by atoms with Crippen molar-refractivity contribution in [1.29, 1.82) is 0 Å². The first-order valence-electron chi connectivity index (χ1n) is 23.4. The molecule has 1 saturated heterocycles. The lowest BCUT2D eigenvalue weighted by atomic mass is 9.99. The fourth-order valence-corrected chi connectivity index (χ4v) is 7.42.